The number of aliphatic hydroxyl groups is 1. The van der Waals surface area contributed by atoms with Crippen LogP contribution >= 0.6 is 0 Å². The molecule has 0 unspecified atom stereocenters. The summed E-state index contributed by atoms with van der Waals surface area (Å²) in [5, 5.41) is 13.3. The van der Waals surface area contributed by atoms with Crippen molar-refractivity contribution in [3.05, 3.63) is 0 Å². The highest BCUT2D eigenvalue weighted by molar-refractivity contribution is 5.73. The fraction of sp³-hybridized carbons (Fsp3) is 0.933. The predicted octanol–water partition coefficient (Wildman–Crippen LogP) is 0.426. The molecule has 0 radical (unpaired) electrons. The lowest BCUT2D eigenvalue weighted by Gasteiger charge is -2.42. The molecule has 0 aromatic rings. The van der Waals surface area contributed by atoms with Gasteiger partial charge in [-0.2, -0.15) is 0 Å². The number of amides is 2. The van der Waals surface area contributed by atoms with Crippen LogP contribution < -0.4 is 5.32 Å². The molecule has 0 aromatic carbocycles. The fourth-order valence-corrected chi connectivity index (χ4v) is 2.82. The number of aliphatic hydroxyl groups excluding tert-OH is 1. The molecule has 2 N–H and O–H groups in total. The molecule has 0 aliphatic carbocycles. The second kappa shape index (κ2) is 8.56. The summed E-state index contributed by atoms with van der Waals surface area (Å²) in [7, 11) is 3.55. The van der Waals surface area contributed by atoms with E-state index in [0.29, 0.717) is 13.1 Å². The first-order chi connectivity index (χ1) is 9.98. The smallest absolute Gasteiger partial charge is 0.319 e. The van der Waals surface area contributed by atoms with Gasteiger partial charge in [0.15, 0.2) is 0 Å². The van der Waals surface area contributed by atoms with Crippen molar-refractivity contribution in [1.29, 1.82) is 0 Å². The highest BCUT2D eigenvalue weighted by atomic mass is 16.3. The lowest BCUT2D eigenvalue weighted by Crippen LogP contribution is -2.58. The minimum atomic E-state index is -0.226. The molecule has 0 saturated carbocycles. The number of nitrogens with zero attached hydrogens (tertiary/aromatic N) is 3. The first kappa shape index (κ1) is 18.2. The third-order valence-corrected chi connectivity index (χ3v) is 4.50. The van der Waals surface area contributed by atoms with Crippen LogP contribution in [0.15, 0.2) is 0 Å². The Morgan fingerprint density at radius 2 is 1.81 bits per heavy atom. The van der Waals surface area contributed by atoms with Gasteiger partial charge >= 0.3 is 6.03 Å². The van der Waals surface area contributed by atoms with E-state index in [0.717, 1.165) is 39.0 Å². The summed E-state index contributed by atoms with van der Waals surface area (Å²) in [6.07, 6.45) is 1.61. The summed E-state index contributed by atoms with van der Waals surface area (Å²) in [6, 6.07) is 0.0599. The molecule has 124 valence electrons. The normalized spacial score (nSPS) is 18.1. The van der Waals surface area contributed by atoms with E-state index < -0.39 is 0 Å². The van der Waals surface area contributed by atoms with Gasteiger partial charge in [-0.05, 0) is 25.9 Å². The van der Waals surface area contributed by atoms with E-state index in [-0.39, 0.29) is 18.2 Å². The maximum absolute atomic E-state index is 11.9. The standard InChI is InChI=1S/C15H32N4O2/c1-5-18(6-2)12-9-16-15(13-20)7-10-19(11-8-15)14(21)17(3)4/h16,20H,5-13H2,1-4H3. The first-order valence-electron chi connectivity index (χ1n) is 8.02. The van der Waals surface area contributed by atoms with E-state index in [4.69, 9.17) is 0 Å². The molecule has 0 atom stereocenters. The van der Waals surface area contributed by atoms with Crippen molar-refractivity contribution < 1.29 is 9.90 Å². The molecule has 1 aliphatic rings. The monoisotopic (exact) mass is 300 g/mol. The topological polar surface area (TPSA) is 59.1 Å². The Kier molecular flexibility index (Phi) is 7.42. The molecule has 6 heteroatoms. The summed E-state index contributed by atoms with van der Waals surface area (Å²) in [5.41, 5.74) is -0.226. The molecule has 0 spiro atoms. The number of likely N-dealkylation sites (tertiary alicyclic amines) is 1. The maximum atomic E-state index is 11.9. The molecular formula is C15H32N4O2. The van der Waals surface area contributed by atoms with Gasteiger partial charge in [0.25, 0.3) is 0 Å². The average Bonchev–Trinajstić information content (AvgIpc) is 2.51. The van der Waals surface area contributed by atoms with Crippen LogP contribution in [0.5, 0.6) is 0 Å². The van der Waals surface area contributed by atoms with Gasteiger partial charge in [0.2, 0.25) is 0 Å². The lowest BCUT2D eigenvalue weighted by molar-refractivity contribution is 0.0803. The number of piperidine rings is 1. The van der Waals surface area contributed by atoms with Crippen LogP contribution in [0.4, 0.5) is 4.79 Å². The van der Waals surface area contributed by atoms with Gasteiger partial charge in [-0.1, -0.05) is 13.8 Å². The van der Waals surface area contributed by atoms with Crippen molar-refractivity contribution in [3.8, 4) is 0 Å². The Morgan fingerprint density at radius 1 is 1.24 bits per heavy atom. The third-order valence-electron chi connectivity index (χ3n) is 4.50. The van der Waals surface area contributed by atoms with Crippen molar-refractivity contribution in [2.75, 3.05) is 60.0 Å². The van der Waals surface area contributed by atoms with E-state index in [1.807, 2.05) is 4.90 Å². The maximum Gasteiger partial charge on any atom is 0.319 e. The van der Waals surface area contributed by atoms with E-state index in [1.54, 1.807) is 19.0 Å². The lowest BCUT2D eigenvalue weighted by atomic mass is 9.88. The predicted molar refractivity (Wildman–Crippen MR) is 85.5 cm³/mol. The van der Waals surface area contributed by atoms with Gasteiger partial charge in [-0.15, -0.1) is 0 Å². The van der Waals surface area contributed by atoms with Gasteiger partial charge in [0, 0.05) is 45.8 Å². The van der Waals surface area contributed by atoms with Gasteiger partial charge in [-0.25, -0.2) is 4.79 Å². The van der Waals surface area contributed by atoms with Crippen LogP contribution in [0.3, 0.4) is 0 Å². The van der Waals surface area contributed by atoms with Gasteiger partial charge in [0.05, 0.1) is 6.61 Å². The minimum Gasteiger partial charge on any atom is -0.394 e. The number of nitrogens with one attached hydrogen (secondary N) is 1. The fourth-order valence-electron chi connectivity index (χ4n) is 2.82. The molecule has 6 nitrogen and oxygen atoms in total. The second-order valence-electron chi connectivity index (χ2n) is 6.06. The van der Waals surface area contributed by atoms with Crippen molar-refractivity contribution in [2.45, 2.75) is 32.2 Å². The average molecular weight is 300 g/mol. The van der Waals surface area contributed by atoms with Crippen LogP contribution in [0, 0.1) is 0 Å². The highest BCUT2D eigenvalue weighted by Gasteiger charge is 2.35. The van der Waals surface area contributed by atoms with Crippen LogP contribution in [-0.2, 0) is 0 Å². The zero-order chi connectivity index (χ0) is 15.9. The van der Waals surface area contributed by atoms with Gasteiger partial charge in [0.1, 0.15) is 0 Å². The van der Waals surface area contributed by atoms with Crippen LogP contribution in [0.25, 0.3) is 0 Å². The molecule has 1 aliphatic heterocycles. The Bertz CT molecular complexity index is 311. The van der Waals surface area contributed by atoms with E-state index in [9.17, 15) is 9.90 Å². The Balaban J connectivity index is 2.43. The zero-order valence-corrected chi connectivity index (χ0v) is 14.1. The number of hydrogen-bond acceptors (Lipinski definition) is 4. The van der Waals surface area contributed by atoms with Crippen molar-refractivity contribution >= 4 is 6.03 Å². The van der Waals surface area contributed by atoms with Crippen LogP contribution in [0.2, 0.25) is 0 Å². The minimum absolute atomic E-state index is 0.0599. The first-order valence-corrected chi connectivity index (χ1v) is 8.02. The largest absolute Gasteiger partial charge is 0.394 e. The Morgan fingerprint density at radius 3 is 2.24 bits per heavy atom. The molecular weight excluding hydrogens is 268 g/mol. The summed E-state index contributed by atoms with van der Waals surface area (Å²) >= 11 is 0. The van der Waals surface area contributed by atoms with E-state index in [1.165, 1.54) is 0 Å². The summed E-state index contributed by atoms with van der Waals surface area (Å²) < 4.78 is 0. The zero-order valence-electron chi connectivity index (χ0n) is 14.1. The number of carbonyl (C=O) groups excluding carboxylic acids is 1. The molecule has 21 heavy (non-hydrogen) atoms. The third kappa shape index (κ3) is 5.13. The van der Waals surface area contributed by atoms with Crippen molar-refractivity contribution in [2.24, 2.45) is 0 Å². The molecule has 0 bridgehead atoms. The van der Waals surface area contributed by atoms with Crippen LogP contribution in [-0.4, -0.2) is 91.3 Å². The molecule has 2 amide bonds. The van der Waals surface area contributed by atoms with Gasteiger partial charge < -0.3 is 25.1 Å². The number of hydrogen-bond donors (Lipinski definition) is 2. The number of urea groups is 1. The summed E-state index contributed by atoms with van der Waals surface area (Å²) in [5.74, 6) is 0. The van der Waals surface area contributed by atoms with Crippen LogP contribution in [0.1, 0.15) is 26.7 Å². The highest BCUT2D eigenvalue weighted by Crippen LogP contribution is 2.22. The van der Waals surface area contributed by atoms with Crippen molar-refractivity contribution in [1.82, 2.24) is 20.0 Å². The molecule has 1 heterocycles. The molecule has 0 aromatic heterocycles. The van der Waals surface area contributed by atoms with Gasteiger partial charge in [-0.3, -0.25) is 0 Å². The number of likely N-dealkylation sites (N-methyl/N-ethyl adjacent to an activating group) is 1. The van der Waals surface area contributed by atoms with E-state index in [2.05, 4.69) is 24.1 Å². The molecule has 1 rings (SSSR count). The molecule has 1 fully saturated rings. The quantitative estimate of drug-likeness (QED) is 0.716. The Hall–Kier alpha value is -0.850. The van der Waals surface area contributed by atoms with E-state index >= 15 is 0 Å². The SMILES string of the molecule is CCN(CC)CCNC1(CO)CCN(C(=O)N(C)C)CC1. The molecule has 1 saturated heterocycles. The number of carbonyl (C=O) groups is 1. The summed E-state index contributed by atoms with van der Waals surface area (Å²) in [6.45, 7) is 9.85. The van der Waals surface area contributed by atoms with Crippen molar-refractivity contribution in [3.63, 3.8) is 0 Å². The number of rotatable bonds is 7. The summed E-state index contributed by atoms with van der Waals surface area (Å²) in [4.78, 5) is 17.8. The Labute approximate surface area is 129 Å². The second-order valence-corrected chi connectivity index (χ2v) is 6.06.